The SMILES string of the molecule is C[C@](CN)(CCN1CCCCC1)c1cccc2ccccc12. The van der Waals surface area contributed by atoms with Crippen molar-refractivity contribution in [1.82, 2.24) is 4.90 Å². The number of nitrogens with zero attached hydrogens (tertiary/aromatic N) is 1. The van der Waals surface area contributed by atoms with Gasteiger partial charge in [0.25, 0.3) is 0 Å². The maximum atomic E-state index is 6.23. The summed E-state index contributed by atoms with van der Waals surface area (Å²) in [6.45, 7) is 6.72. The fraction of sp³-hybridized carbons (Fsp3) is 0.500. The lowest BCUT2D eigenvalue weighted by Gasteiger charge is -2.34. The van der Waals surface area contributed by atoms with E-state index >= 15 is 0 Å². The monoisotopic (exact) mass is 296 g/mol. The largest absolute Gasteiger partial charge is 0.330 e. The maximum absolute atomic E-state index is 6.23. The first kappa shape index (κ1) is 15.5. The van der Waals surface area contributed by atoms with Gasteiger partial charge in [0.1, 0.15) is 0 Å². The van der Waals surface area contributed by atoms with Crippen molar-refractivity contribution in [3.8, 4) is 0 Å². The van der Waals surface area contributed by atoms with E-state index in [9.17, 15) is 0 Å². The average Bonchev–Trinajstić information content (AvgIpc) is 2.60. The molecule has 22 heavy (non-hydrogen) atoms. The summed E-state index contributed by atoms with van der Waals surface area (Å²) in [7, 11) is 0. The molecule has 0 aliphatic carbocycles. The van der Waals surface area contributed by atoms with Gasteiger partial charge in [-0.1, -0.05) is 55.8 Å². The molecule has 0 spiro atoms. The Morgan fingerprint density at radius 1 is 1.00 bits per heavy atom. The van der Waals surface area contributed by atoms with E-state index in [0.717, 1.165) is 13.0 Å². The summed E-state index contributed by atoms with van der Waals surface area (Å²) in [6, 6.07) is 15.3. The molecule has 1 saturated heterocycles. The van der Waals surface area contributed by atoms with Gasteiger partial charge in [-0.05, 0) is 55.2 Å². The summed E-state index contributed by atoms with van der Waals surface area (Å²) < 4.78 is 0. The van der Waals surface area contributed by atoms with Gasteiger partial charge < -0.3 is 10.6 Å². The van der Waals surface area contributed by atoms with Crippen LogP contribution < -0.4 is 5.73 Å². The highest BCUT2D eigenvalue weighted by atomic mass is 15.1. The van der Waals surface area contributed by atoms with Crippen LogP contribution in [0.2, 0.25) is 0 Å². The molecule has 2 nitrogen and oxygen atoms in total. The van der Waals surface area contributed by atoms with Crippen molar-refractivity contribution in [3.63, 3.8) is 0 Å². The second-order valence-electron chi connectivity index (χ2n) is 6.94. The number of rotatable bonds is 5. The summed E-state index contributed by atoms with van der Waals surface area (Å²) in [6.07, 6.45) is 5.24. The zero-order chi connectivity index (χ0) is 15.4. The van der Waals surface area contributed by atoms with Gasteiger partial charge in [0.15, 0.2) is 0 Å². The van der Waals surface area contributed by atoms with Crippen LogP contribution in [0.1, 0.15) is 38.2 Å². The van der Waals surface area contributed by atoms with Crippen molar-refractivity contribution in [2.24, 2.45) is 5.73 Å². The van der Waals surface area contributed by atoms with E-state index in [2.05, 4.69) is 54.3 Å². The lowest BCUT2D eigenvalue weighted by Crippen LogP contribution is -2.38. The van der Waals surface area contributed by atoms with Crippen LogP contribution in [-0.2, 0) is 5.41 Å². The molecular weight excluding hydrogens is 268 g/mol. The number of benzene rings is 2. The van der Waals surface area contributed by atoms with Crippen molar-refractivity contribution in [2.75, 3.05) is 26.2 Å². The number of nitrogens with two attached hydrogens (primary N) is 1. The van der Waals surface area contributed by atoms with Crippen LogP contribution in [0.15, 0.2) is 42.5 Å². The van der Waals surface area contributed by atoms with Crippen molar-refractivity contribution >= 4 is 10.8 Å². The number of piperidine rings is 1. The highest BCUT2D eigenvalue weighted by Gasteiger charge is 2.27. The van der Waals surface area contributed by atoms with Crippen LogP contribution in [0, 0.1) is 0 Å². The Morgan fingerprint density at radius 2 is 1.73 bits per heavy atom. The quantitative estimate of drug-likeness (QED) is 0.905. The van der Waals surface area contributed by atoms with E-state index < -0.39 is 0 Å². The van der Waals surface area contributed by atoms with Gasteiger partial charge in [0.05, 0.1) is 0 Å². The van der Waals surface area contributed by atoms with E-state index in [1.165, 1.54) is 48.7 Å². The molecule has 0 aromatic heterocycles. The minimum atomic E-state index is 0.0539. The first-order valence-corrected chi connectivity index (χ1v) is 8.64. The lowest BCUT2D eigenvalue weighted by atomic mass is 9.77. The van der Waals surface area contributed by atoms with E-state index in [-0.39, 0.29) is 5.41 Å². The van der Waals surface area contributed by atoms with Crippen molar-refractivity contribution in [2.45, 2.75) is 38.0 Å². The van der Waals surface area contributed by atoms with Gasteiger partial charge in [-0.3, -0.25) is 0 Å². The minimum absolute atomic E-state index is 0.0539. The van der Waals surface area contributed by atoms with Gasteiger partial charge >= 0.3 is 0 Å². The molecule has 2 aromatic rings. The Morgan fingerprint density at radius 3 is 2.50 bits per heavy atom. The topological polar surface area (TPSA) is 29.3 Å². The number of hydrogen-bond donors (Lipinski definition) is 1. The van der Waals surface area contributed by atoms with Gasteiger partial charge in [-0.25, -0.2) is 0 Å². The number of likely N-dealkylation sites (tertiary alicyclic amines) is 1. The van der Waals surface area contributed by atoms with E-state index in [4.69, 9.17) is 5.73 Å². The van der Waals surface area contributed by atoms with Gasteiger partial charge in [0, 0.05) is 12.0 Å². The number of hydrogen-bond acceptors (Lipinski definition) is 2. The number of fused-ring (bicyclic) bond motifs is 1. The molecule has 2 aromatic carbocycles. The normalized spacial score (nSPS) is 19.2. The molecule has 0 unspecified atom stereocenters. The smallest absolute Gasteiger partial charge is 0.00656 e. The molecule has 3 rings (SSSR count). The fourth-order valence-electron chi connectivity index (χ4n) is 3.69. The molecule has 2 N–H and O–H groups in total. The summed E-state index contributed by atoms with van der Waals surface area (Å²) in [5.41, 5.74) is 7.69. The first-order chi connectivity index (χ1) is 10.7. The zero-order valence-corrected chi connectivity index (χ0v) is 13.7. The van der Waals surface area contributed by atoms with Crippen LogP contribution in [0.25, 0.3) is 10.8 Å². The van der Waals surface area contributed by atoms with Crippen LogP contribution in [-0.4, -0.2) is 31.1 Å². The van der Waals surface area contributed by atoms with Crippen LogP contribution in [0.4, 0.5) is 0 Å². The van der Waals surface area contributed by atoms with Gasteiger partial charge in [-0.15, -0.1) is 0 Å². The Balaban J connectivity index is 1.84. The third kappa shape index (κ3) is 3.18. The van der Waals surface area contributed by atoms with Crippen molar-refractivity contribution < 1.29 is 0 Å². The second-order valence-corrected chi connectivity index (χ2v) is 6.94. The van der Waals surface area contributed by atoms with Crippen molar-refractivity contribution in [3.05, 3.63) is 48.0 Å². The fourth-order valence-corrected chi connectivity index (χ4v) is 3.69. The molecule has 118 valence electrons. The molecule has 0 saturated carbocycles. The Bertz CT molecular complexity index is 611. The molecule has 1 atom stereocenters. The summed E-state index contributed by atoms with van der Waals surface area (Å²) in [5, 5.41) is 2.68. The van der Waals surface area contributed by atoms with E-state index in [0.29, 0.717) is 6.54 Å². The molecule has 2 heteroatoms. The second kappa shape index (κ2) is 6.80. The molecule has 0 radical (unpaired) electrons. The highest BCUT2D eigenvalue weighted by Crippen LogP contribution is 2.33. The van der Waals surface area contributed by atoms with E-state index in [1.54, 1.807) is 0 Å². The summed E-state index contributed by atoms with van der Waals surface area (Å²) in [4.78, 5) is 2.61. The molecule has 1 aliphatic heterocycles. The van der Waals surface area contributed by atoms with E-state index in [1.807, 2.05) is 0 Å². The van der Waals surface area contributed by atoms with Crippen LogP contribution >= 0.6 is 0 Å². The summed E-state index contributed by atoms with van der Waals surface area (Å²) in [5.74, 6) is 0. The Hall–Kier alpha value is -1.38. The van der Waals surface area contributed by atoms with Gasteiger partial charge in [0.2, 0.25) is 0 Å². The molecule has 1 aliphatic rings. The van der Waals surface area contributed by atoms with Gasteiger partial charge in [-0.2, -0.15) is 0 Å². The van der Waals surface area contributed by atoms with Crippen LogP contribution in [0.5, 0.6) is 0 Å². The molecule has 0 amide bonds. The zero-order valence-electron chi connectivity index (χ0n) is 13.7. The Kier molecular flexibility index (Phi) is 4.80. The van der Waals surface area contributed by atoms with Crippen molar-refractivity contribution in [1.29, 1.82) is 0 Å². The minimum Gasteiger partial charge on any atom is -0.330 e. The molecule has 1 fully saturated rings. The third-order valence-electron chi connectivity index (χ3n) is 5.32. The summed E-state index contributed by atoms with van der Waals surface area (Å²) >= 11 is 0. The highest BCUT2D eigenvalue weighted by molar-refractivity contribution is 5.86. The van der Waals surface area contributed by atoms with Crippen LogP contribution in [0.3, 0.4) is 0 Å². The predicted molar refractivity (Wildman–Crippen MR) is 95.3 cm³/mol. The maximum Gasteiger partial charge on any atom is 0.00656 e. The average molecular weight is 296 g/mol. The Labute approximate surface area is 134 Å². The predicted octanol–water partition coefficient (Wildman–Crippen LogP) is 3.93. The third-order valence-corrected chi connectivity index (χ3v) is 5.32. The molecule has 1 heterocycles. The molecular formula is C20H28N2. The standard InChI is InChI=1S/C20H28N2/c1-20(16-21,12-15-22-13-5-2-6-14-22)19-11-7-9-17-8-3-4-10-18(17)19/h3-4,7-11H,2,5-6,12-16,21H2,1H3/t20-/m1/s1. The first-order valence-electron chi connectivity index (χ1n) is 8.64. The molecule has 0 bridgehead atoms. The lowest BCUT2D eigenvalue weighted by molar-refractivity contribution is 0.208.